The Morgan fingerprint density at radius 1 is 1.09 bits per heavy atom. The number of aliphatic hydroxyl groups is 1. The van der Waals surface area contributed by atoms with Crippen LogP contribution in [-0.2, 0) is 22.7 Å². The fourth-order valence-corrected chi connectivity index (χ4v) is 1.57. The normalized spacial score (nSPS) is 10.3. The van der Waals surface area contributed by atoms with Crippen LogP contribution in [0, 0.1) is 0 Å². The van der Waals surface area contributed by atoms with Crippen molar-refractivity contribution in [3.63, 3.8) is 0 Å². The molecule has 0 radical (unpaired) electrons. The van der Waals surface area contributed by atoms with E-state index in [2.05, 4.69) is 20.1 Å². The number of nitrogens with zero attached hydrogens (tertiary/aromatic N) is 6. The van der Waals surface area contributed by atoms with Crippen molar-refractivity contribution in [2.75, 3.05) is 0 Å². The summed E-state index contributed by atoms with van der Waals surface area (Å²) in [4.78, 5) is 26.7. The summed E-state index contributed by atoms with van der Waals surface area (Å²) >= 11 is 0. The molecule has 1 aromatic rings. The number of carbonyl (C=O) groups excluding carboxylic acids is 1. The van der Waals surface area contributed by atoms with E-state index in [1.54, 1.807) is 0 Å². The van der Waals surface area contributed by atoms with E-state index < -0.39 is 17.5 Å². The number of aliphatic carboxylic acids is 1. The van der Waals surface area contributed by atoms with Crippen LogP contribution in [0.15, 0.2) is 34.5 Å². The van der Waals surface area contributed by atoms with E-state index in [1.807, 2.05) is 0 Å². The molecular formula is C12H10N6O4. The van der Waals surface area contributed by atoms with Crippen LogP contribution in [-0.4, -0.2) is 22.0 Å². The lowest BCUT2D eigenvalue weighted by Gasteiger charge is -2.08. The highest BCUT2D eigenvalue weighted by atomic mass is 16.4. The molecule has 0 unspecified atom stereocenters. The molecule has 0 aliphatic heterocycles. The van der Waals surface area contributed by atoms with Crippen LogP contribution in [0.4, 0.5) is 0 Å². The van der Waals surface area contributed by atoms with E-state index in [1.165, 1.54) is 18.2 Å². The molecule has 1 aromatic carbocycles. The molecule has 0 spiro atoms. The van der Waals surface area contributed by atoms with Crippen molar-refractivity contribution in [1.82, 2.24) is 0 Å². The van der Waals surface area contributed by atoms with Crippen LogP contribution in [0.5, 0.6) is 0 Å². The van der Waals surface area contributed by atoms with Crippen LogP contribution in [0.1, 0.15) is 16.7 Å². The lowest BCUT2D eigenvalue weighted by Crippen LogP contribution is -2.09. The molecule has 0 atom stereocenters. The SMILES string of the molecule is [N-]=[N+]=NCc1ccc(/C(O)=C\C(=O)C(=O)O)cc1CN=[N+]=[N-]. The third kappa shape index (κ3) is 4.57. The number of ketones is 1. The Morgan fingerprint density at radius 3 is 2.23 bits per heavy atom. The Hall–Kier alpha value is -3.48. The predicted molar refractivity (Wildman–Crippen MR) is 75.4 cm³/mol. The van der Waals surface area contributed by atoms with Gasteiger partial charge in [-0.3, -0.25) is 4.79 Å². The van der Waals surface area contributed by atoms with Gasteiger partial charge in [-0.2, -0.15) is 0 Å². The van der Waals surface area contributed by atoms with Gasteiger partial charge in [-0.25, -0.2) is 4.79 Å². The Morgan fingerprint density at radius 2 is 1.68 bits per heavy atom. The van der Waals surface area contributed by atoms with Crippen molar-refractivity contribution >= 4 is 17.5 Å². The van der Waals surface area contributed by atoms with Crippen LogP contribution in [0.2, 0.25) is 0 Å². The number of azide groups is 2. The second-order valence-corrected chi connectivity index (χ2v) is 3.96. The Bertz CT molecular complexity index is 729. The topological polar surface area (TPSA) is 172 Å². The number of rotatable bonds is 7. The number of hydrogen-bond acceptors (Lipinski definition) is 5. The molecule has 0 aromatic heterocycles. The third-order valence-corrected chi connectivity index (χ3v) is 2.59. The van der Waals surface area contributed by atoms with E-state index in [-0.39, 0.29) is 18.7 Å². The van der Waals surface area contributed by atoms with Gasteiger partial charge in [-0.05, 0) is 28.3 Å². The minimum atomic E-state index is -1.69. The van der Waals surface area contributed by atoms with Gasteiger partial charge in [0.2, 0.25) is 0 Å². The average molecular weight is 302 g/mol. The zero-order valence-corrected chi connectivity index (χ0v) is 11.1. The molecule has 0 saturated heterocycles. The molecule has 1 rings (SSSR count). The Balaban J connectivity index is 3.22. The first-order chi connectivity index (χ1) is 10.5. The van der Waals surface area contributed by atoms with Gasteiger partial charge in [0, 0.05) is 21.5 Å². The molecule has 22 heavy (non-hydrogen) atoms. The van der Waals surface area contributed by atoms with Crippen molar-refractivity contribution in [3.8, 4) is 0 Å². The van der Waals surface area contributed by atoms with Crippen LogP contribution in [0.3, 0.4) is 0 Å². The first-order valence-electron chi connectivity index (χ1n) is 5.81. The summed E-state index contributed by atoms with van der Waals surface area (Å²) in [7, 11) is 0. The zero-order chi connectivity index (χ0) is 16.5. The average Bonchev–Trinajstić information content (AvgIpc) is 2.50. The van der Waals surface area contributed by atoms with Gasteiger partial charge in [0.15, 0.2) is 0 Å². The van der Waals surface area contributed by atoms with Gasteiger partial charge in [0.05, 0.1) is 13.1 Å². The van der Waals surface area contributed by atoms with Crippen molar-refractivity contribution in [1.29, 1.82) is 0 Å². The highest BCUT2D eigenvalue weighted by Gasteiger charge is 2.11. The maximum Gasteiger partial charge on any atom is 0.376 e. The molecule has 0 aliphatic carbocycles. The first kappa shape index (κ1) is 16.6. The van der Waals surface area contributed by atoms with Crippen molar-refractivity contribution in [2.45, 2.75) is 13.1 Å². The minimum Gasteiger partial charge on any atom is -0.507 e. The second kappa shape index (κ2) is 7.95. The van der Waals surface area contributed by atoms with Crippen LogP contribution in [0.25, 0.3) is 26.6 Å². The number of hydrogen-bond donors (Lipinski definition) is 2. The first-order valence-corrected chi connectivity index (χ1v) is 5.81. The number of benzene rings is 1. The smallest absolute Gasteiger partial charge is 0.376 e. The second-order valence-electron chi connectivity index (χ2n) is 3.96. The summed E-state index contributed by atoms with van der Waals surface area (Å²) < 4.78 is 0. The number of carboxylic acid groups (broad SMARTS) is 1. The lowest BCUT2D eigenvalue weighted by atomic mass is 10.0. The number of carboxylic acids is 1. The molecule has 2 N–H and O–H groups in total. The minimum absolute atomic E-state index is 0.0194. The molecule has 0 fully saturated rings. The van der Waals surface area contributed by atoms with E-state index in [4.69, 9.17) is 16.2 Å². The maximum absolute atomic E-state index is 11.0. The van der Waals surface area contributed by atoms with E-state index in [9.17, 15) is 14.7 Å². The fraction of sp³-hybridized carbons (Fsp3) is 0.167. The van der Waals surface area contributed by atoms with E-state index >= 15 is 0 Å². The predicted octanol–water partition coefficient (Wildman–Crippen LogP) is 2.86. The highest BCUT2D eigenvalue weighted by molar-refractivity contribution is 6.38. The summed E-state index contributed by atoms with van der Waals surface area (Å²) in [6.45, 7) is -0.0353. The van der Waals surface area contributed by atoms with Crippen LogP contribution >= 0.6 is 0 Å². The maximum atomic E-state index is 11.0. The number of aliphatic hydroxyl groups excluding tert-OH is 1. The molecule has 112 valence electrons. The molecule has 10 heteroatoms. The molecule has 0 bridgehead atoms. The summed E-state index contributed by atoms with van der Waals surface area (Å²) in [6, 6.07) is 4.35. The van der Waals surface area contributed by atoms with Crippen molar-refractivity contribution in [3.05, 3.63) is 61.9 Å². The van der Waals surface area contributed by atoms with Crippen molar-refractivity contribution < 1.29 is 19.8 Å². The fourth-order valence-electron chi connectivity index (χ4n) is 1.57. The van der Waals surface area contributed by atoms with E-state index in [0.29, 0.717) is 17.2 Å². The summed E-state index contributed by atoms with van der Waals surface area (Å²) in [6.07, 6.45) is 0.572. The summed E-state index contributed by atoms with van der Waals surface area (Å²) in [5.41, 5.74) is 17.9. The molecule has 0 aliphatic rings. The molecule has 0 saturated carbocycles. The summed E-state index contributed by atoms with van der Waals surface area (Å²) in [5, 5.41) is 25.0. The largest absolute Gasteiger partial charge is 0.507 e. The van der Waals surface area contributed by atoms with Gasteiger partial charge in [0.1, 0.15) is 5.76 Å². The van der Waals surface area contributed by atoms with Gasteiger partial charge >= 0.3 is 5.97 Å². The third-order valence-electron chi connectivity index (χ3n) is 2.59. The number of carbonyl (C=O) groups is 2. The van der Waals surface area contributed by atoms with Crippen LogP contribution < -0.4 is 0 Å². The summed E-state index contributed by atoms with van der Waals surface area (Å²) in [5.74, 6) is -3.50. The Kier molecular flexibility index (Phi) is 5.99. The highest BCUT2D eigenvalue weighted by Crippen LogP contribution is 2.19. The standard InChI is InChI=1S/C12H10N6O4/c13-17-15-5-8-2-1-7(3-9(8)6-16-18-14)10(19)4-11(20)12(21)22/h1-4,19H,5-6H2,(H,21,22)/b10-4+. The molecule has 0 amide bonds. The van der Waals surface area contributed by atoms with Gasteiger partial charge in [0.25, 0.3) is 5.78 Å². The van der Waals surface area contributed by atoms with Gasteiger partial charge in [-0.15, -0.1) is 0 Å². The molecule has 0 heterocycles. The monoisotopic (exact) mass is 302 g/mol. The van der Waals surface area contributed by atoms with Crippen molar-refractivity contribution in [2.24, 2.45) is 10.2 Å². The quantitative estimate of drug-likeness (QED) is 0.197. The van der Waals surface area contributed by atoms with Gasteiger partial charge < -0.3 is 10.2 Å². The van der Waals surface area contributed by atoms with E-state index in [0.717, 1.165) is 0 Å². The zero-order valence-electron chi connectivity index (χ0n) is 11.1. The van der Waals surface area contributed by atoms with Gasteiger partial charge in [-0.1, -0.05) is 22.4 Å². The lowest BCUT2D eigenvalue weighted by molar-refractivity contribution is -0.146. The molecular weight excluding hydrogens is 292 g/mol. The molecule has 10 nitrogen and oxygen atoms in total. The Labute approximate surface area is 123 Å².